The van der Waals surface area contributed by atoms with E-state index in [-0.39, 0.29) is 17.3 Å². The maximum Gasteiger partial charge on any atom is 0.269 e. The second-order valence-electron chi connectivity index (χ2n) is 7.26. The number of aryl methyl sites for hydroxylation is 3. The molecule has 3 rings (SSSR count). The van der Waals surface area contributed by atoms with E-state index < -0.39 is 4.92 Å². The zero-order valence-corrected chi connectivity index (χ0v) is 18.7. The number of nitrogens with zero attached hydrogens (tertiary/aromatic N) is 3. The third-order valence-corrected chi connectivity index (χ3v) is 6.04. The first-order valence-electron chi connectivity index (χ1n) is 9.72. The molecule has 0 unspecified atom stereocenters. The fourth-order valence-electron chi connectivity index (χ4n) is 3.20. The largest absolute Gasteiger partial charge is 0.318 e. The summed E-state index contributed by atoms with van der Waals surface area (Å²) >= 11 is 1.29. The Labute approximate surface area is 185 Å². The predicted octanol–water partition coefficient (Wildman–Crippen LogP) is 4.86. The van der Waals surface area contributed by atoms with Crippen molar-refractivity contribution >= 4 is 29.6 Å². The molecule has 0 aliphatic heterocycles. The van der Waals surface area contributed by atoms with Crippen LogP contribution >= 0.6 is 11.8 Å². The van der Waals surface area contributed by atoms with Gasteiger partial charge < -0.3 is 4.57 Å². The van der Waals surface area contributed by atoms with Crippen LogP contribution in [0.15, 0.2) is 58.5 Å². The monoisotopic (exact) mass is 436 g/mol. The molecule has 3 aromatic rings. The van der Waals surface area contributed by atoms with Crippen molar-refractivity contribution < 1.29 is 9.72 Å². The summed E-state index contributed by atoms with van der Waals surface area (Å²) in [6, 6.07) is 14.5. The Bertz CT molecular complexity index is 1150. The number of hydrogen-bond acceptors (Lipinski definition) is 5. The van der Waals surface area contributed by atoms with Crippen LogP contribution in [0, 0.1) is 37.8 Å². The molecule has 1 N–H and O–H groups in total. The number of nitro benzene ring substituents is 1. The molecular formula is C23H24N4O3S. The van der Waals surface area contributed by atoms with E-state index in [9.17, 15) is 14.9 Å². The summed E-state index contributed by atoms with van der Waals surface area (Å²) in [5, 5.41) is 14.8. The van der Waals surface area contributed by atoms with Crippen LogP contribution in [0.1, 0.15) is 28.1 Å². The Hall–Kier alpha value is -3.39. The van der Waals surface area contributed by atoms with Crippen LogP contribution in [0.3, 0.4) is 0 Å². The fraction of sp³-hybridized carbons (Fsp3) is 0.217. The number of non-ortho nitro benzene ring substituents is 1. The third kappa shape index (κ3) is 5.40. The van der Waals surface area contributed by atoms with Crippen molar-refractivity contribution in [2.45, 2.75) is 32.6 Å². The molecule has 0 saturated carbocycles. The van der Waals surface area contributed by atoms with E-state index in [1.807, 2.05) is 19.9 Å². The number of amides is 1. The number of nitrogens with one attached hydrogen (secondary N) is 1. The highest BCUT2D eigenvalue weighted by Crippen LogP contribution is 2.22. The van der Waals surface area contributed by atoms with Gasteiger partial charge in [0.2, 0.25) is 5.91 Å². The van der Waals surface area contributed by atoms with Gasteiger partial charge in [-0.3, -0.25) is 14.9 Å². The van der Waals surface area contributed by atoms with Gasteiger partial charge in [-0.2, -0.15) is 5.10 Å². The molecule has 2 aromatic carbocycles. The van der Waals surface area contributed by atoms with Crippen molar-refractivity contribution in [2.75, 3.05) is 5.75 Å². The minimum atomic E-state index is -0.452. The molecule has 0 bridgehead atoms. The van der Waals surface area contributed by atoms with Gasteiger partial charge in [-0.05, 0) is 69.2 Å². The molecule has 1 heterocycles. The number of carbonyl (C=O) groups excluding carboxylic acids is 1. The number of nitro groups is 1. The highest BCUT2D eigenvalue weighted by Gasteiger charge is 2.10. The van der Waals surface area contributed by atoms with Gasteiger partial charge in [0, 0.05) is 39.7 Å². The summed E-state index contributed by atoms with van der Waals surface area (Å²) in [5.41, 5.74) is 9.20. The van der Waals surface area contributed by atoms with Gasteiger partial charge in [-0.15, -0.1) is 11.8 Å². The summed E-state index contributed by atoms with van der Waals surface area (Å²) in [6.45, 7) is 8.25. The molecule has 0 atom stereocenters. The number of aromatic nitrogens is 1. The lowest BCUT2D eigenvalue weighted by atomic mass is 10.1. The van der Waals surface area contributed by atoms with E-state index in [1.54, 1.807) is 18.3 Å². The predicted molar refractivity (Wildman–Crippen MR) is 124 cm³/mol. The fourth-order valence-corrected chi connectivity index (χ4v) is 3.89. The molecule has 31 heavy (non-hydrogen) atoms. The smallest absolute Gasteiger partial charge is 0.269 e. The van der Waals surface area contributed by atoms with Crippen molar-refractivity contribution in [3.63, 3.8) is 0 Å². The van der Waals surface area contributed by atoms with E-state index in [4.69, 9.17) is 0 Å². The van der Waals surface area contributed by atoms with Crippen molar-refractivity contribution in [1.82, 2.24) is 9.99 Å². The first-order valence-corrected chi connectivity index (χ1v) is 10.7. The summed E-state index contributed by atoms with van der Waals surface area (Å²) in [6.07, 6.45) is 1.65. The third-order valence-electron chi connectivity index (χ3n) is 5.03. The van der Waals surface area contributed by atoms with Crippen LogP contribution < -0.4 is 5.43 Å². The van der Waals surface area contributed by atoms with Gasteiger partial charge >= 0.3 is 0 Å². The molecule has 0 spiro atoms. The number of hydrazone groups is 1. The lowest BCUT2D eigenvalue weighted by molar-refractivity contribution is -0.384. The quantitative estimate of drug-likeness (QED) is 0.248. The zero-order chi connectivity index (χ0) is 22.5. The van der Waals surface area contributed by atoms with Crippen LogP contribution in [0.2, 0.25) is 0 Å². The molecular weight excluding hydrogens is 412 g/mol. The Morgan fingerprint density at radius 2 is 1.81 bits per heavy atom. The average molecular weight is 437 g/mol. The van der Waals surface area contributed by atoms with Crippen molar-refractivity contribution in [2.24, 2.45) is 5.10 Å². The van der Waals surface area contributed by atoms with Crippen LogP contribution in [0.4, 0.5) is 5.69 Å². The molecule has 0 saturated heterocycles. The van der Waals surface area contributed by atoms with Gasteiger partial charge in [-0.1, -0.05) is 6.07 Å². The van der Waals surface area contributed by atoms with Crippen LogP contribution in [-0.2, 0) is 4.79 Å². The van der Waals surface area contributed by atoms with Gasteiger partial charge in [0.25, 0.3) is 5.69 Å². The average Bonchev–Trinajstić information content (AvgIpc) is 3.02. The molecule has 0 fully saturated rings. The molecule has 8 heteroatoms. The van der Waals surface area contributed by atoms with Crippen molar-refractivity contribution in [3.8, 4) is 5.69 Å². The van der Waals surface area contributed by atoms with E-state index in [1.165, 1.54) is 35.0 Å². The molecule has 7 nitrogen and oxygen atoms in total. The molecule has 0 aliphatic carbocycles. The standard InChI is InChI=1S/C23H24N4O3S/c1-15-5-6-21(11-16(15)2)26-17(3)12-19(18(26)4)13-24-25-23(28)14-31-22-9-7-20(8-10-22)27(29)30/h5-13H,14H2,1-4H3,(H,25,28)/b24-13-. The van der Waals surface area contributed by atoms with Crippen molar-refractivity contribution in [3.05, 3.63) is 86.7 Å². The number of hydrogen-bond donors (Lipinski definition) is 1. The Morgan fingerprint density at radius 3 is 2.45 bits per heavy atom. The Kier molecular flexibility index (Phi) is 6.91. The molecule has 0 radical (unpaired) electrons. The molecule has 160 valence electrons. The van der Waals surface area contributed by atoms with Crippen LogP contribution in [0.5, 0.6) is 0 Å². The number of carbonyl (C=O) groups is 1. The normalized spacial score (nSPS) is 11.1. The molecule has 0 aliphatic rings. The lowest BCUT2D eigenvalue weighted by Gasteiger charge is -2.11. The molecule has 1 amide bonds. The van der Waals surface area contributed by atoms with E-state index in [0.29, 0.717) is 0 Å². The first kappa shape index (κ1) is 22.3. The van der Waals surface area contributed by atoms with Crippen LogP contribution in [0.25, 0.3) is 5.69 Å². The van der Waals surface area contributed by atoms with E-state index in [2.05, 4.69) is 47.1 Å². The number of rotatable bonds is 7. The SMILES string of the molecule is Cc1ccc(-n2c(C)cc(/C=N\NC(=O)CSc3ccc([N+](=O)[O-])cc3)c2C)cc1C. The highest BCUT2D eigenvalue weighted by molar-refractivity contribution is 8.00. The first-order chi connectivity index (χ1) is 14.8. The zero-order valence-electron chi connectivity index (χ0n) is 17.9. The summed E-state index contributed by atoms with van der Waals surface area (Å²) in [5.74, 6) is -0.0841. The highest BCUT2D eigenvalue weighted by atomic mass is 32.2. The summed E-state index contributed by atoms with van der Waals surface area (Å²) in [4.78, 5) is 23.1. The van der Waals surface area contributed by atoms with E-state index in [0.717, 1.165) is 27.5 Å². The summed E-state index contributed by atoms with van der Waals surface area (Å²) in [7, 11) is 0. The lowest BCUT2D eigenvalue weighted by Crippen LogP contribution is -2.19. The number of thioether (sulfide) groups is 1. The number of benzene rings is 2. The Morgan fingerprint density at radius 1 is 1.10 bits per heavy atom. The van der Waals surface area contributed by atoms with E-state index >= 15 is 0 Å². The van der Waals surface area contributed by atoms with Gasteiger partial charge in [0.1, 0.15) is 0 Å². The topological polar surface area (TPSA) is 89.5 Å². The summed E-state index contributed by atoms with van der Waals surface area (Å²) < 4.78 is 2.17. The minimum Gasteiger partial charge on any atom is -0.318 e. The van der Waals surface area contributed by atoms with Crippen LogP contribution in [-0.4, -0.2) is 27.4 Å². The maximum atomic E-state index is 12.1. The second kappa shape index (κ2) is 9.61. The maximum absolute atomic E-state index is 12.1. The minimum absolute atomic E-state index is 0.0248. The van der Waals surface area contributed by atoms with Gasteiger partial charge in [-0.25, -0.2) is 5.43 Å². The second-order valence-corrected chi connectivity index (χ2v) is 8.31. The molecule has 1 aromatic heterocycles. The Balaban J connectivity index is 1.61. The van der Waals surface area contributed by atoms with Gasteiger partial charge in [0.05, 0.1) is 16.9 Å². The van der Waals surface area contributed by atoms with Crippen molar-refractivity contribution in [1.29, 1.82) is 0 Å². The van der Waals surface area contributed by atoms with Gasteiger partial charge in [0.15, 0.2) is 0 Å².